The zero-order valence-corrected chi connectivity index (χ0v) is 19.1. The van der Waals surface area contributed by atoms with Crippen molar-refractivity contribution in [3.05, 3.63) is 54.4 Å². The molecule has 1 aliphatic heterocycles. The minimum atomic E-state index is -0.289. The zero-order chi connectivity index (χ0) is 23.7. The van der Waals surface area contributed by atoms with Crippen molar-refractivity contribution in [3.8, 4) is 5.82 Å². The van der Waals surface area contributed by atoms with E-state index in [9.17, 15) is 4.79 Å². The van der Waals surface area contributed by atoms with Crippen LogP contribution < -0.4 is 5.32 Å². The second kappa shape index (κ2) is 8.89. The number of carbonyl (C=O) groups is 1. The number of hydrogen-bond donors (Lipinski definition) is 1. The number of ether oxygens (including phenoxy) is 1. The molecule has 0 unspecified atom stereocenters. The van der Waals surface area contributed by atoms with E-state index in [1.807, 2.05) is 55.8 Å². The van der Waals surface area contributed by atoms with Gasteiger partial charge in [0.1, 0.15) is 6.33 Å². The van der Waals surface area contributed by atoms with Gasteiger partial charge >= 0.3 is 6.09 Å². The number of aryl methyl sites for hydroxylation is 1. The summed E-state index contributed by atoms with van der Waals surface area (Å²) < 4.78 is 8.62. The summed E-state index contributed by atoms with van der Waals surface area (Å²) in [5.74, 6) is 0.631. The Labute approximate surface area is 195 Å². The summed E-state index contributed by atoms with van der Waals surface area (Å²) in [6, 6.07) is 5.64. The number of fused-ring (bicyclic) bond motifs is 1. The van der Waals surface area contributed by atoms with Gasteiger partial charge < -0.3 is 15.0 Å². The molecule has 0 saturated carbocycles. The Balaban J connectivity index is 1.37. The first-order chi connectivity index (χ1) is 16.5. The van der Waals surface area contributed by atoms with Gasteiger partial charge in [0.15, 0.2) is 11.5 Å². The largest absolute Gasteiger partial charge is 0.447 e. The van der Waals surface area contributed by atoms with Gasteiger partial charge in [0.05, 0.1) is 41.3 Å². The molecule has 1 aliphatic rings. The molecule has 12 nitrogen and oxygen atoms in total. The van der Waals surface area contributed by atoms with Crippen LogP contribution in [0.3, 0.4) is 0 Å². The molecule has 4 aromatic heterocycles. The van der Waals surface area contributed by atoms with Crippen molar-refractivity contribution in [2.45, 2.75) is 33.3 Å². The van der Waals surface area contributed by atoms with Crippen LogP contribution in [0.15, 0.2) is 43.0 Å². The van der Waals surface area contributed by atoms with Crippen LogP contribution in [0.1, 0.15) is 31.7 Å². The molecule has 12 heteroatoms. The van der Waals surface area contributed by atoms with Crippen molar-refractivity contribution in [1.29, 1.82) is 0 Å². The highest BCUT2D eigenvalue weighted by atomic mass is 16.6. The number of nitrogens with zero attached hydrogens (tertiary/aromatic N) is 9. The second-order valence-corrected chi connectivity index (χ2v) is 8.16. The highest BCUT2D eigenvalue weighted by Crippen LogP contribution is 2.27. The first-order valence-corrected chi connectivity index (χ1v) is 11.0. The molecule has 0 aliphatic carbocycles. The molecule has 1 N–H and O–H groups in total. The van der Waals surface area contributed by atoms with Crippen LogP contribution in [0.25, 0.3) is 17.0 Å². The van der Waals surface area contributed by atoms with Crippen LogP contribution in [0, 0.1) is 6.92 Å². The van der Waals surface area contributed by atoms with Gasteiger partial charge in [-0.2, -0.15) is 9.78 Å². The minimum absolute atomic E-state index is 0.138. The third kappa shape index (κ3) is 4.17. The van der Waals surface area contributed by atoms with Crippen LogP contribution in [0.5, 0.6) is 0 Å². The van der Waals surface area contributed by atoms with E-state index < -0.39 is 0 Å². The van der Waals surface area contributed by atoms with E-state index in [0.717, 1.165) is 28.3 Å². The van der Waals surface area contributed by atoms with E-state index in [1.165, 1.54) is 11.0 Å². The lowest BCUT2D eigenvalue weighted by Crippen LogP contribution is -2.36. The van der Waals surface area contributed by atoms with Gasteiger partial charge in [0.25, 0.3) is 0 Å². The molecule has 1 amide bonds. The Morgan fingerprint density at radius 2 is 2.09 bits per heavy atom. The molecule has 0 radical (unpaired) electrons. The van der Waals surface area contributed by atoms with Crippen molar-refractivity contribution in [1.82, 2.24) is 44.7 Å². The SMILES string of the molecule is Cc1nc(-n2cnnn2)ccc1Nc1ccnn2c(C3=CCN(C(=O)OC(C)C)CC3)cnc12. The number of aromatic nitrogens is 8. The third-order valence-electron chi connectivity index (χ3n) is 5.46. The van der Waals surface area contributed by atoms with Crippen LogP contribution in [-0.4, -0.2) is 70.0 Å². The Bertz CT molecular complexity index is 1360. The summed E-state index contributed by atoms with van der Waals surface area (Å²) in [6.07, 6.45) is 7.34. The van der Waals surface area contributed by atoms with Crippen LogP contribution >= 0.6 is 0 Å². The third-order valence-corrected chi connectivity index (χ3v) is 5.46. The Hall–Kier alpha value is -4.35. The maximum atomic E-state index is 12.2. The topological polar surface area (TPSA) is 128 Å². The minimum Gasteiger partial charge on any atom is -0.447 e. The van der Waals surface area contributed by atoms with Crippen molar-refractivity contribution in [2.24, 2.45) is 0 Å². The smallest absolute Gasteiger partial charge is 0.410 e. The molecule has 0 fully saturated rings. The molecule has 4 aromatic rings. The number of amides is 1. The van der Waals surface area contributed by atoms with Gasteiger partial charge in [-0.1, -0.05) is 6.08 Å². The molecule has 0 spiro atoms. The molecular weight excluding hydrogens is 436 g/mol. The standard InChI is InChI=1S/C22H24N10O2/c1-14(2)34-22(33)30-10-7-16(8-11-30)19-12-23-21-18(6-9-25-32(19)21)27-17-4-5-20(26-15(17)3)31-13-24-28-29-31/h4-7,9,12-14,27H,8,10-11H2,1-3H3. The maximum absolute atomic E-state index is 12.2. The molecule has 0 saturated heterocycles. The Morgan fingerprint density at radius 3 is 2.79 bits per heavy atom. The summed E-state index contributed by atoms with van der Waals surface area (Å²) in [4.78, 5) is 23.0. The molecule has 34 heavy (non-hydrogen) atoms. The predicted molar refractivity (Wildman–Crippen MR) is 124 cm³/mol. The fourth-order valence-corrected chi connectivity index (χ4v) is 3.77. The van der Waals surface area contributed by atoms with Gasteiger partial charge in [-0.15, -0.1) is 5.10 Å². The van der Waals surface area contributed by atoms with E-state index in [1.54, 1.807) is 11.1 Å². The second-order valence-electron chi connectivity index (χ2n) is 8.16. The molecule has 0 aromatic carbocycles. The quantitative estimate of drug-likeness (QED) is 0.478. The van der Waals surface area contributed by atoms with Gasteiger partial charge in [0, 0.05) is 13.1 Å². The fourth-order valence-electron chi connectivity index (χ4n) is 3.77. The summed E-state index contributed by atoms with van der Waals surface area (Å²) in [6.45, 7) is 6.68. The normalized spacial score (nSPS) is 13.9. The van der Waals surface area contributed by atoms with Crippen molar-refractivity contribution < 1.29 is 9.53 Å². The summed E-state index contributed by atoms with van der Waals surface area (Å²) in [5.41, 5.74) is 5.13. The van der Waals surface area contributed by atoms with Crippen molar-refractivity contribution >= 4 is 28.7 Å². The first kappa shape index (κ1) is 21.5. The average molecular weight is 461 g/mol. The zero-order valence-electron chi connectivity index (χ0n) is 19.1. The van der Waals surface area contributed by atoms with Gasteiger partial charge in [-0.05, 0) is 61.4 Å². The van der Waals surface area contributed by atoms with E-state index in [2.05, 4.69) is 35.9 Å². The van der Waals surface area contributed by atoms with Crippen LogP contribution in [-0.2, 0) is 4.74 Å². The lowest BCUT2D eigenvalue weighted by molar-refractivity contribution is 0.0799. The lowest BCUT2D eigenvalue weighted by atomic mass is 10.1. The van der Waals surface area contributed by atoms with Gasteiger partial charge in [0.2, 0.25) is 0 Å². The van der Waals surface area contributed by atoms with E-state index in [0.29, 0.717) is 31.0 Å². The van der Waals surface area contributed by atoms with Gasteiger partial charge in [-0.25, -0.2) is 19.3 Å². The number of anilines is 2. The number of tetrazole rings is 1. The summed E-state index contributed by atoms with van der Waals surface area (Å²) >= 11 is 0. The van der Waals surface area contributed by atoms with Crippen LogP contribution in [0.2, 0.25) is 0 Å². The number of rotatable bonds is 5. The molecule has 0 bridgehead atoms. The maximum Gasteiger partial charge on any atom is 0.410 e. The van der Waals surface area contributed by atoms with Crippen LogP contribution in [0.4, 0.5) is 16.2 Å². The number of hydrogen-bond acceptors (Lipinski definition) is 9. The highest BCUT2D eigenvalue weighted by Gasteiger charge is 2.22. The predicted octanol–water partition coefficient (Wildman–Crippen LogP) is 2.79. The first-order valence-electron chi connectivity index (χ1n) is 11.0. The summed E-state index contributed by atoms with van der Waals surface area (Å²) in [7, 11) is 0. The molecule has 5 heterocycles. The highest BCUT2D eigenvalue weighted by molar-refractivity contribution is 5.77. The molecular formula is C22H24N10O2. The van der Waals surface area contributed by atoms with Crippen molar-refractivity contribution in [2.75, 3.05) is 18.4 Å². The molecule has 174 valence electrons. The van der Waals surface area contributed by atoms with Gasteiger partial charge in [-0.3, -0.25) is 0 Å². The van der Waals surface area contributed by atoms with E-state index in [-0.39, 0.29) is 12.2 Å². The number of nitrogens with one attached hydrogen (secondary N) is 1. The van der Waals surface area contributed by atoms with E-state index >= 15 is 0 Å². The Morgan fingerprint density at radius 1 is 1.21 bits per heavy atom. The monoisotopic (exact) mass is 460 g/mol. The summed E-state index contributed by atoms with van der Waals surface area (Å²) in [5, 5.41) is 19.1. The number of carbonyl (C=O) groups excluding carboxylic acids is 1. The molecule has 5 rings (SSSR count). The Kier molecular flexibility index (Phi) is 5.62. The molecule has 0 atom stereocenters. The number of pyridine rings is 1. The van der Waals surface area contributed by atoms with E-state index in [4.69, 9.17) is 4.74 Å². The lowest BCUT2D eigenvalue weighted by Gasteiger charge is -2.26. The number of imidazole rings is 1. The average Bonchev–Trinajstić information content (AvgIpc) is 3.51. The fraction of sp³-hybridized carbons (Fsp3) is 0.318. The van der Waals surface area contributed by atoms with Crippen molar-refractivity contribution in [3.63, 3.8) is 0 Å².